The zero-order chi connectivity index (χ0) is 20.2. The average molecular weight is 387 g/mol. The van der Waals surface area contributed by atoms with Crippen molar-refractivity contribution in [1.82, 2.24) is 0 Å². The van der Waals surface area contributed by atoms with E-state index in [4.69, 9.17) is 11.6 Å². The lowest BCUT2D eigenvalue weighted by molar-refractivity contribution is -0.117. The Bertz CT molecular complexity index is 823. The Morgan fingerprint density at radius 1 is 1.07 bits per heavy atom. The number of carbonyl (C=O) groups is 2. The van der Waals surface area contributed by atoms with Crippen LogP contribution in [0.1, 0.15) is 45.2 Å². The van der Waals surface area contributed by atoms with Crippen molar-refractivity contribution in [3.63, 3.8) is 0 Å². The molecule has 144 valence electrons. The Morgan fingerprint density at radius 2 is 1.70 bits per heavy atom. The molecular formula is C22H27ClN2O2. The quantitative estimate of drug-likeness (QED) is 0.755. The summed E-state index contributed by atoms with van der Waals surface area (Å²) in [5.74, 6) is -0.247. The highest BCUT2D eigenvalue weighted by atomic mass is 35.5. The van der Waals surface area contributed by atoms with Crippen molar-refractivity contribution in [2.75, 3.05) is 16.8 Å². The van der Waals surface area contributed by atoms with E-state index in [-0.39, 0.29) is 23.7 Å². The number of amides is 2. The lowest BCUT2D eigenvalue weighted by Crippen LogP contribution is -2.32. The Labute approximate surface area is 166 Å². The molecule has 0 aliphatic heterocycles. The van der Waals surface area contributed by atoms with Gasteiger partial charge < -0.3 is 10.2 Å². The summed E-state index contributed by atoms with van der Waals surface area (Å²) in [6, 6.07) is 13.3. The molecule has 4 nitrogen and oxygen atoms in total. The molecule has 0 bridgehead atoms. The van der Waals surface area contributed by atoms with Crippen LogP contribution in [-0.4, -0.2) is 18.4 Å². The summed E-state index contributed by atoms with van der Waals surface area (Å²) in [7, 11) is 0. The smallest absolute Gasteiger partial charge is 0.226 e. The third-order valence-corrected chi connectivity index (χ3v) is 4.70. The minimum atomic E-state index is -0.155. The van der Waals surface area contributed by atoms with Crippen LogP contribution in [0.4, 0.5) is 11.4 Å². The number of nitrogens with zero attached hydrogens (tertiary/aromatic N) is 1. The number of hydrogen-bond donors (Lipinski definition) is 1. The fourth-order valence-electron chi connectivity index (χ4n) is 2.76. The molecule has 0 saturated carbocycles. The fraction of sp³-hybridized carbons (Fsp3) is 0.364. The van der Waals surface area contributed by atoms with E-state index in [0.29, 0.717) is 17.3 Å². The van der Waals surface area contributed by atoms with Gasteiger partial charge in [-0.1, -0.05) is 50.6 Å². The molecule has 0 heterocycles. The molecule has 1 N–H and O–H groups in total. The molecule has 0 aliphatic rings. The SMILES string of the molecule is CC(=O)N(CCC(=O)Nc1cc(Cl)ccc1C)c1ccc(C(C)(C)C)cc1. The zero-order valence-corrected chi connectivity index (χ0v) is 17.4. The minimum Gasteiger partial charge on any atom is -0.326 e. The molecular weight excluding hydrogens is 360 g/mol. The van der Waals surface area contributed by atoms with Gasteiger partial charge in [-0.3, -0.25) is 9.59 Å². The van der Waals surface area contributed by atoms with Gasteiger partial charge in [-0.25, -0.2) is 0 Å². The second-order valence-corrected chi connectivity index (χ2v) is 8.16. The van der Waals surface area contributed by atoms with Crippen LogP contribution in [-0.2, 0) is 15.0 Å². The minimum absolute atomic E-state index is 0.0499. The molecule has 5 heteroatoms. The lowest BCUT2D eigenvalue weighted by atomic mass is 9.87. The first-order valence-electron chi connectivity index (χ1n) is 9.02. The first-order chi connectivity index (χ1) is 12.6. The molecule has 0 spiro atoms. The van der Waals surface area contributed by atoms with Crippen molar-refractivity contribution >= 4 is 34.8 Å². The maximum Gasteiger partial charge on any atom is 0.226 e. The molecule has 0 saturated heterocycles. The zero-order valence-electron chi connectivity index (χ0n) is 16.6. The number of carbonyl (C=O) groups excluding carboxylic acids is 2. The van der Waals surface area contributed by atoms with Gasteiger partial charge in [0.1, 0.15) is 0 Å². The summed E-state index contributed by atoms with van der Waals surface area (Å²) in [5.41, 5.74) is 3.67. The predicted octanol–water partition coefficient (Wildman–Crippen LogP) is 5.33. The first-order valence-corrected chi connectivity index (χ1v) is 9.40. The van der Waals surface area contributed by atoms with Gasteiger partial charge in [-0.2, -0.15) is 0 Å². The van der Waals surface area contributed by atoms with Crippen molar-refractivity contribution in [2.45, 2.75) is 46.5 Å². The molecule has 0 aliphatic carbocycles. The van der Waals surface area contributed by atoms with E-state index in [0.717, 1.165) is 11.3 Å². The lowest BCUT2D eigenvalue weighted by Gasteiger charge is -2.24. The number of hydrogen-bond acceptors (Lipinski definition) is 2. The summed E-state index contributed by atoms with van der Waals surface area (Å²) >= 11 is 5.99. The number of halogens is 1. The topological polar surface area (TPSA) is 49.4 Å². The highest BCUT2D eigenvalue weighted by Gasteiger charge is 2.17. The Hall–Kier alpha value is -2.33. The highest BCUT2D eigenvalue weighted by molar-refractivity contribution is 6.31. The third kappa shape index (κ3) is 5.83. The number of aryl methyl sites for hydroxylation is 1. The van der Waals surface area contributed by atoms with E-state index >= 15 is 0 Å². The average Bonchev–Trinajstić information content (AvgIpc) is 2.57. The molecule has 0 atom stereocenters. The molecule has 2 aromatic carbocycles. The van der Waals surface area contributed by atoms with E-state index in [9.17, 15) is 9.59 Å². The molecule has 2 amide bonds. The summed E-state index contributed by atoms with van der Waals surface area (Å²) in [4.78, 5) is 26.0. The maximum absolute atomic E-state index is 12.3. The van der Waals surface area contributed by atoms with Crippen LogP contribution in [0.2, 0.25) is 5.02 Å². The van der Waals surface area contributed by atoms with Crippen molar-refractivity contribution in [2.24, 2.45) is 0 Å². The molecule has 0 fully saturated rings. The number of rotatable bonds is 5. The van der Waals surface area contributed by atoms with Gasteiger partial charge in [0, 0.05) is 36.3 Å². The molecule has 2 aromatic rings. The van der Waals surface area contributed by atoms with Crippen molar-refractivity contribution in [1.29, 1.82) is 0 Å². The van der Waals surface area contributed by atoms with E-state index in [1.54, 1.807) is 17.0 Å². The van der Waals surface area contributed by atoms with Crippen molar-refractivity contribution in [3.05, 3.63) is 58.6 Å². The summed E-state index contributed by atoms with van der Waals surface area (Å²) in [6.45, 7) is 10.2. The van der Waals surface area contributed by atoms with Crippen LogP contribution >= 0.6 is 11.6 Å². The van der Waals surface area contributed by atoms with Crippen LogP contribution < -0.4 is 10.2 Å². The Kier molecular flexibility index (Phi) is 6.66. The standard InChI is InChI=1S/C22H27ClN2O2/c1-15-6-9-18(23)14-20(15)24-21(27)12-13-25(16(2)26)19-10-7-17(8-11-19)22(3,4)5/h6-11,14H,12-13H2,1-5H3,(H,24,27). The van der Waals surface area contributed by atoms with Gasteiger partial charge in [-0.05, 0) is 47.7 Å². The monoisotopic (exact) mass is 386 g/mol. The van der Waals surface area contributed by atoms with E-state index in [2.05, 4.69) is 26.1 Å². The third-order valence-electron chi connectivity index (χ3n) is 4.46. The van der Waals surface area contributed by atoms with Gasteiger partial charge in [0.25, 0.3) is 0 Å². The molecule has 2 rings (SSSR count). The number of benzene rings is 2. The van der Waals surface area contributed by atoms with Crippen LogP contribution in [0.3, 0.4) is 0 Å². The van der Waals surface area contributed by atoms with E-state index in [1.165, 1.54) is 12.5 Å². The fourth-order valence-corrected chi connectivity index (χ4v) is 2.94. The summed E-state index contributed by atoms with van der Waals surface area (Å²) in [5, 5.41) is 3.43. The molecule has 0 unspecified atom stereocenters. The molecule has 27 heavy (non-hydrogen) atoms. The normalized spacial score (nSPS) is 11.2. The van der Waals surface area contributed by atoms with Gasteiger partial charge in [0.05, 0.1) is 0 Å². The number of nitrogens with one attached hydrogen (secondary N) is 1. The number of anilines is 2. The van der Waals surface area contributed by atoms with Crippen LogP contribution in [0.25, 0.3) is 0 Å². The first kappa shape index (κ1) is 21.0. The maximum atomic E-state index is 12.3. The van der Waals surface area contributed by atoms with Gasteiger partial charge in [0.2, 0.25) is 11.8 Å². The van der Waals surface area contributed by atoms with E-state index < -0.39 is 0 Å². The van der Waals surface area contributed by atoms with Gasteiger partial charge >= 0.3 is 0 Å². The largest absolute Gasteiger partial charge is 0.326 e. The van der Waals surface area contributed by atoms with Crippen molar-refractivity contribution in [3.8, 4) is 0 Å². The second-order valence-electron chi connectivity index (χ2n) is 7.72. The van der Waals surface area contributed by atoms with Gasteiger partial charge in [0.15, 0.2) is 0 Å². The second kappa shape index (κ2) is 8.57. The molecule has 0 aromatic heterocycles. The molecule has 0 radical (unpaired) electrons. The summed E-state index contributed by atoms with van der Waals surface area (Å²) < 4.78 is 0. The Morgan fingerprint density at radius 3 is 2.26 bits per heavy atom. The van der Waals surface area contributed by atoms with Crippen LogP contribution in [0, 0.1) is 6.92 Å². The van der Waals surface area contributed by atoms with E-state index in [1.807, 2.05) is 37.3 Å². The van der Waals surface area contributed by atoms with Crippen LogP contribution in [0.5, 0.6) is 0 Å². The van der Waals surface area contributed by atoms with Crippen LogP contribution in [0.15, 0.2) is 42.5 Å². The highest BCUT2D eigenvalue weighted by Crippen LogP contribution is 2.25. The van der Waals surface area contributed by atoms with Crippen molar-refractivity contribution < 1.29 is 9.59 Å². The Balaban J connectivity index is 2.05. The van der Waals surface area contributed by atoms with Gasteiger partial charge in [-0.15, -0.1) is 0 Å². The predicted molar refractivity (Wildman–Crippen MR) is 113 cm³/mol. The summed E-state index contributed by atoms with van der Waals surface area (Å²) in [6.07, 6.45) is 0.201.